The van der Waals surface area contributed by atoms with Crippen molar-refractivity contribution in [3.8, 4) is 5.69 Å². The van der Waals surface area contributed by atoms with Gasteiger partial charge in [-0.3, -0.25) is 0 Å². The van der Waals surface area contributed by atoms with Gasteiger partial charge in [0.1, 0.15) is 11.2 Å². The number of hydrogen-bond donors (Lipinski definition) is 1. The van der Waals surface area contributed by atoms with Crippen LogP contribution in [0.15, 0.2) is 181 Å². The van der Waals surface area contributed by atoms with Crippen LogP contribution < -0.4 is 4.90 Å². The van der Waals surface area contributed by atoms with Crippen molar-refractivity contribution in [1.29, 1.82) is 0 Å². The number of benzene rings is 7. The molecule has 0 bridgehead atoms. The summed E-state index contributed by atoms with van der Waals surface area (Å²) in [6.07, 6.45) is 0. The third-order valence-electron chi connectivity index (χ3n) is 9.62. The van der Waals surface area contributed by atoms with Gasteiger partial charge in [-0.15, -0.1) is 0 Å². The van der Waals surface area contributed by atoms with E-state index in [1.54, 1.807) is 0 Å². The van der Waals surface area contributed by atoms with Crippen LogP contribution in [0, 0.1) is 0 Å². The van der Waals surface area contributed by atoms with E-state index in [0.717, 1.165) is 28.2 Å². The van der Waals surface area contributed by atoms with Crippen LogP contribution in [0.25, 0.3) is 49.4 Å². The number of fused-ring (bicyclic) bond motifs is 11. The fourth-order valence-corrected chi connectivity index (χ4v) is 12.1. The summed E-state index contributed by atoms with van der Waals surface area (Å²) in [6.45, 7) is 0. The van der Waals surface area contributed by atoms with E-state index in [9.17, 15) is 0 Å². The van der Waals surface area contributed by atoms with Gasteiger partial charge in [-0.25, -0.2) is 0 Å². The summed E-state index contributed by atoms with van der Waals surface area (Å²) in [6, 6.07) is 55.2. The van der Waals surface area contributed by atoms with E-state index in [4.69, 9.17) is 4.42 Å². The molecule has 0 saturated carbocycles. The van der Waals surface area contributed by atoms with E-state index in [2.05, 4.69) is 161 Å². The summed E-state index contributed by atoms with van der Waals surface area (Å²) in [5.74, 6) is 0. The summed E-state index contributed by atoms with van der Waals surface area (Å²) in [7, 11) is -0.829. The van der Waals surface area contributed by atoms with Gasteiger partial charge in [0.15, 0.2) is 0 Å². The van der Waals surface area contributed by atoms with Gasteiger partial charge in [0.2, 0.25) is 0 Å². The zero-order chi connectivity index (χ0) is 30.6. The molecule has 1 unspecified atom stereocenters. The highest BCUT2D eigenvalue weighted by Crippen LogP contribution is 2.68. The van der Waals surface area contributed by atoms with Crippen LogP contribution in [-0.2, 0) is 0 Å². The number of nitrogens with zero attached hydrogens (tertiary/aromatic N) is 2. The van der Waals surface area contributed by atoms with E-state index in [1.807, 2.05) is 11.8 Å². The zero-order valence-corrected chi connectivity index (χ0v) is 26.8. The van der Waals surface area contributed by atoms with Gasteiger partial charge in [-0.2, -0.15) is 10.9 Å². The minimum atomic E-state index is -0.829. The monoisotopic (exact) mass is 638 g/mol. The Morgan fingerprint density at radius 1 is 0.553 bits per heavy atom. The molecule has 4 heterocycles. The van der Waals surface area contributed by atoms with E-state index >= 15 is 0 Å². The predicted molar refractivity (Wildman–Crippen MR) is 197 cm³/mol. The summed E-state index contributed by atoms with van der Waals surface area (Å²) in [5, 5.41) is 4.81. The van der Waals surface area contributed by atoms with Crippen LogP contribution in [0.4, 0.5) is 17.1 Å². The Morgan fingerprint density at radius 2 is 1.23 bits per heavy atom. The zero-order valence-electron chi connectivity index (χ0n) is 25.1. The Kier molecular flexibility index (Phi) is 5.26. The highest BCUT2D eigenvalue weighted by Gasteiger charge is 2.37. The van der Waals surface area contributed by atoms with Gasteiger partial charge in [0.25, 0.3) is 0 Å². The average molecular weight is 639 g/mol. The van der Waals surface area contributed by atoms with Crippen molar-refractivity contribution >= 4 is 83.5 Å². The maximum Gasteiger partial charge on any atom is 0.145 e. The number of aromatic nitrogens is 1. The highest BCUT2D eigenvalue weighted by atomic mass is 32.2. The van der Waals surface area contributed by atoms with Crippen molar-refractivity contribution in [3.63, 3.8) is 0 Å². The maximum atomic E-state index is 6.73. The highest BCUT2D eigenvalue weighted by molar-refractivity contribution is 8.19. The van der Waals surface area contributed by atoms with Crippen LogP contribution >= 0.6 is 22.7 Å². The Balaban J connectivity index is 1.32. The molecule has 5 heteroatoms. The van der Waals surface area contributed by atoms with Crippen LogP contribution in [0.5, 0.6) is 0 Å². The molecule has 1 atom stereocenters. The fourth-order valence-electron chi connectivity index (χ4n) is 7.73. The molecular formula is C42H26N2OS2. The lowest BCUT2D eigenvalue weighted by Crippen LogP contribution is -2.14. The molecule has 0 aliphatic carbocycles. The number of rotatable bonds is 3. The Bertz CT molecular complexity index is 2690. The number of anilines is 3. The van der Waals surface area contributed by atoms with Gasteiger partial charge in [0.05, 0.1) is 22.1 Å². The first kappa shape index (κ1) is 25.8. The quantitative estimate of drug-likeness (QED) is 0.195. The SMILES string of the molecule is c1ccc(N(c2ccccc2)c2cc3c4c(c2)-n2c5ccccc5c5c6oc7ccccc7c6cc(c52)[SH]4c2ccccc2S3)cc1. The predicted octanol–water partition coefficient (Wildman–Crippen LogP) is 12.4. The molecule has 0 radical (unpaired) electrons. The number of para-hydroxylation sites is 4. The fraction of sp³-hybridized carbons (Fsp3) is 0. The van der Waals surface area contributed by atoms with Crippen LogP contribution in [-0.4, -0.2) is 4.57 Å². The molecule has 7 aromatic carbocycles. The normalized spacial score (nSPS) is 15.3. The lowest BCUT2D eigenvalue weighted by atomic mass is 10.1. The molecule has 47 heavy (non-hydrogen) atoms. The first-order chi connectivity index (χ1) is 23.3. The van der Waals surface area contributed by atoms with Crippen molar-refractivity contribution in [3.05, 3.63) is 152 Å². The second-order valence-corrected chi connectivity index (χ2v) is 15.3. The van der Waals surface area contributed by atoms with Crippen molar-refractivity contribution in [2.45, 2.75) is 24.5 Å². The Labute approximate surface area is 278 Å². The molecule has 0 spiro atoms. The summed E-state index contributed by atoms with van der Waals surface area (Å²) < 4.78 is 9.27. The van der Waals surface area contributed by atoms with Crippen molar-refractivity contribution in [2.75, 3.05) is 4.90 Å². The van der Waals surface area contributed by atoms with Crippen molar-refractivity contribution in [2.24, 2.45) is 0 Å². The maximum absolute atomic E-state index is 6.73. The number of furan rings is 1. The third kappa shape index (κ3) is 3.50. The summed E-state index contributed by atoms with van der Waals surface area (Å²) >= 11 is 1.91. The molecule has 0 fully saturated rings. The molecule has 11 rings (SSSR count). The molecule has 3 nitrogen and oxygen atoms in total. The third-order valence-corrected chi connectivity index (χ3v) is 13.6. The lowest BCUT2D eigenvalue weighted by molar-refractivity contribution is 0.672. The smallest absolute Gasteiger partial charge is 0.145 e. The Hall–Kier alpha value is -5.36. The van der Waals surface area contributed by atoms with Crippen molar-refractivity contribution in [1.82, 2.24) is 4.57 Å². The molecular weight excluding hydrogens is 613 g/mol. The second-order valence-electron chi connectivity index (χ2n) is 12.2. The van der Waals surface area contributed by atoms with E-state index in [1.165, 1.54) is 62.7 Å². The summed E-state index contributed by atoms with van der Waals surface area (Å²) in [4.78, 5) is 9.34. The van der Waals surface area contributed by atoms with Crippen LogP contribution in [0.3, 0.4) is 0 Å². The van der Waals surface area contributed by atoms with Crippen LogP contribution in [0.1, 0.15) is 0 Å². The molecule has 9 aromatic rings. The molecule has 0 amide bonds. The molecule has 222 valence electrons. The minimum absolute atomic E-state index is 0.829. The Morgan fingerprint density at radius 3 is 2.04 bits per heavy atom. The van der Waals surface area contributed by atoms with Gasteiger partial charge < -0.3 is 13.9 Å². The van der Waals surface area contributed by atoms with Gasteiger partial charge >= 0.3 is 0 Å². The molecule has 2 aromatic heterocycles. The molecule has 0 N–H and O–H groups in total. The molecule has 2 aliphatic rings. The van der Waals surface area contributed by atoms with Gasteiger partial charge in [-0.1, -0.05) is 96.7 Å². The van der Waals surface area contributed by atoms with E-state index in [0.29, 0.717) is 0 Å². The lowest BCUT2D eigenvalue weighted by Gasteiger charge is -2.38. The number of hydrogen-bond acceptors (Lipinski definition) is 3. The molecule has 2 aliphatic heterocycles. The number of thiol groups is 1. The van der Waals surface area contributed by atoms with Gasteiger partial charge in [0, 0.05) is 57.7 Å². The first-order valence-electron chi connectivity index (χ1n) is 15.9. The minimum Gasteiger partial charge on any atom is -0.455 e. The topological polar surface area (TPSA) is 21.3 Å². The van der Waals surface area contributed by atoms with E-state index in [-0.39, 0.29) is 0 Å². The van der Waals surface area contributed by atoms with Gasteiger partial charge in [-0.05, 0) is 66.7 Å². The summed E-state index contributed by atoms with van der Waals surface area (Å²) in [5.41, 5.74) is 9.08. The second kappa shape index (κ2) is 9.58. The standard InChI is InChI=1S/C42H26N2OS2/c1-3-13-26(14-4-1)43(27-15-5-2-6-16-27)28-23-33-42-36(24-28)46-35-21-11-12-22-37(35)47(42)38-25-31-29-17-8-10-20-34(29)45-41(31)39-30-18-7-9-19-32(30)44(33)40(38)39/h1-25,47H. The first-order valence-corrected chi connectivity index (χ1v) is 18.0. The average Bonchev–Trinajstić information content (AvgIpc) is 3.67. The molecule has 0 saturated heterocycles. The largest absolute Gasteiger partial charge is 0.455 e. The van der Waals surface area contributed by atoms with Crippen LogP contribution in [0.2, 0.25) is 0 Å². The van der Waals surface area contributed by atoms with E-state index < -0.39 is 10.9 Å². The van der Waals surface area contributed by atoms with Crippen molar-refractivity contribution < 1.29 is 4.42 Å².